The van der Waals surface area contributed by atoms with Crippen molar-refractivity contribution < 1.29 is 8.42 Å². The molecule has 1 aliphatic heterocycles. The summed E-state index contributed by atoms with van der Waals surface area (Å²) in [4.78, 5) is -0.0116. The van der Waals surface area contributed by atoms with Gasteiger partial charge in [-0.25, -0.2) is 5.01 Å². The van der Waals surface area contributed by atoms with Crippen LogP contribution in [0.1, 0.15) is 18.4 Å². The number of nitrogens with two attached hydrogens (primary N) is 1. The molecule has 0 aliphatic carbocycles. The molecule has 2 aromatic rings. The summed E-state index contributed by atoms with van der Waals surface area (Å²) in [5.74, 6) is -0.124. The number of nitrogens with zero attached hydrogens (tertiary/aromatic N) is 3. The summed E-state index contributed by atoms with van der Waals surface area (Å²) >= 11 is 5.84. The molecular weight excluding hydrogens is 360 g/mol. The third-order valence-electron chi connectivity index (χ3n) is 3.91. The molecule has 2 N–H and O–H groups in total. The number of rotatable bonds is 3. The number of halogens is 1. The summed E-state index contributed by atoms with van der Waals surface area (Å²) in [6.45, 7) is 2.33. The van der Waals surface area contributed by atoms with E-state index >= 15 is 0 Å². The zero-order valence-corrected chi connectivity index (χ0v) is 15.1. The molecule has 0 bridgehead atoms. The summed E-state index contributed by atoms with van der Waals surface area (Å²) in [7, 11) is -3.95. The highest BCUT2D eigenvalue weighted by Gasteiger charge is 2.28. The largest absolute Gasteiger partial charge is 0.367 e. The zero-order chi connectivity index (χ0) is 18.0. The molecular formula is C17H17ClN4O2S. The summed E-state index contributed by atoms with van der Waals surface area (Å²) in [6.07, 6.45) is 0. The van der Waals surface area contributed by atoms with Crippen molar-refractivity contribution in [2.75, 3.05) is 6.54 Å². The zero-order valence-electron chi connectivity index (χ0n) is 13.5. The van der Waals surface area contributed by atoms with Crippen LogP contribution in [0.3, 0.4) is 0 Å². The van der Waals surface area contributed by atoms with E-state index in [-0.39, 0.29) is 16.8 Å². The van der Waals surface area contributed by atoms with Crippen molar-refractivity contribution in [1.82, 2.24) is 5.01 Å². The first kappa shape index (κ1) is 17.4. The normalized spacial score (nSPS) is 18.3. The molecule has 1 unspecified atom stereocenters. The van der Waals surface area contributed by atoms with Gasteiger partial charge >= 0.3 is 0 Å². The standard InChI is InChI=1S/C17H17ClN4O2S/c1-12-16(13-6-3-2-4-7-13)11-22(20-12)17(19)21-25(23,24)15-9-5-8-14(18)10-15/h2-10,16H,11H2,1H3,(H2,19,21). The fraction of sp³-hybridized carbons (Fsp3) is 0.176. The van der Waals surface area contributed by atoms with E-state index < -0.39 is 10.0 Å². The average Bonchev–Trinajstić information content (AvgIpc) is 2.97. The number of hydrogen-bond acceptors (Lipinski definition) is 3. The third kappa shape index (κ3) is 3.83. The van der Waals surface area contributed by atoms with Crippen LogP contribution in [0.2, 0.25) is 5.02 Å². The van der Waals surface area contributed by atoms with Crippen LogP contribution in [-0.4, -0.2) is 31.6 Å². The van der Waals surface area contributed by atoms with E-state index in [4.69, 9.17) is 17.3 Å². The van der Waals surface area contributed by atoms with E-state index in [2.05, 4.69) is 9.50 Å². The number of guanidine groups is 1. The van der Waals surface area contributed by atoms with E-state index in [1.165, 1.54) is 17.1 Å². The Kier molecular flexibility index (Phi) is 4.78. The number of hydrogen-bond donors (Lipinski definition) is 1. The Morgan fingerprint density at radius 2 is 1.96 bits per heavy atom. The molecule has 0 saturated heterocycles. The molecule has 3 rings (SSSR count). The van der Waals surface area contributed by atoms with Crippen LogP contribution in [0.15, 0.2) is 69.0 Å². The highest BCUT2D eigenvalue weighted by atomic mass is 35.5. The Balaban J connectivity index is 1.84. The molecule has 1 aliphatic rings. The summed E-state index contributed by atoms with van der Waals surface area (Å²) in [5, 5.41) is 6.07. The molecule has 2 aromatic carbocycles. The fourth-order valence-electron chi connectivity index (χ4n) is 2.63. The molecule has 1 heterocycles. The molecule has 0 radical (unpaired) electrons. The molecule has 0 amide bonds. The quantitative estimate of drug-likeness (QED) is 0.659. The van der Waals surface area contributed by atoms with Gasteiger partial charge in [0.2, 0.25) is 5.96 Å². The highest BCUT2D eigenvalue weighted by molar-refractivity contribution is 7.90. The predicted molar refractivity (Wildman–Crippen MR) is 99.3 cm³/mol. The maximum absolute atomic E-state index is 12.4. The molecule has 8 heteroatoms. The van der Waals surface area contributed by atoms with Gasteiger partial charge in [0.05, 0.1) is 11.4 Å². The smallest absolute Gasteiger partial charge is 0.285 e. The molecule has 130 valence electrons. The Morgan fingerprint density at radius 1 is 1.24 bits per heavy atom. The van der Waals surface area contributed by atoms with Gasteiger partial charge in [0.15, 0.2) is 0 Å². The minimum atomic E-state index is -3.95. The Bertz CT molecular complexity index is 942. The topological polar surface area (TPSA) is 88.1 Å². The van der Waals surface area contributed by atoms with Crippen molar-refractivity contribution in [2.24, 2.45) is 15.2 Å². The van der Waals surface area contributed by atoms with Gasteiger partial charge in [-0.05, 0) is 30.7 Å². The first-order valence-electron chi connectivity index (χ1n) is 7.60. The Labute approximate surface area is 151 Å². The van der Waals surface area contributed by atoms with Crippen LogP contribution in [0.4, 0.5) is 0 Å². The monoisotopic (exact) mass is 376 g/mol. The van der Waals surface area contributed by atoms with Crippen molar-refractivity contribution in [3.8, 4) is 0 Å². The van der Waals surface area contributed by atoms with Gasteiger partial charge < -0.3 is 5.73 Å². The van der Waals surface area contributed by atoms with Crippen molar-refractivity contribution in [3.63, 3.8) is 0 Å². The number of sulfonamides is 1. The van der Waals surface area contributed by atoms with Gasteiger partial charge in [0.1, 0.15) is 0 Å². The second-order valence-electron chi connectivity index (χ2n) is 5.67. The lowest BCUT2D eigenvalue weighted by Crippen LogP contribution is -2.33. The van der Waals surface area contributed by atoms with E-state index in [0.717, 1.165) is 11.3 Å². The second kappa shape index (κ2) is 6.85. The van der Waals surface area contributed by atoms with E-state index in [9.17, 15) is 8.42 Å². The van der Waals surface area contributed by atoms with Gasteiger partial charge in [-0.15, -0.1) is 4.40 Å². The lowest BCUT2D eigenvalue weighted by molar-refractivity contribution is 0.470. The minimum absolute atomic E-state index is 0.0116. The summed E-state index contributed by atoms with van der Waals surface area (Å²) < 4.78 is 28.5. The number of benzene rings is 2. The van der Waals surface area contributed by atoms with Crippen molar-refractivity contribution in [1.29, 1.82) is 0 Å². The third-order valence-corrected chi connectivity index (χ3v) is 5.42. The number of hydrazone groups is 1. The molecule has 0 spiro atoms. The van der Waals surface area contributed by atoms with Crippen LogP contribution < -0.4 is 5.73 Å². The van der Waals surface area contributed by atoms with Crippen LogP contribution in [0, 0.1) is 0 Å². The lowest BCUT2D eigenvalue weighted by Gasteiger charge is -2.15. The van der Waals surface area contributed by atoms with Gasteiger partial charge in [0, 0.05) is 16.7 Å². The first-order valence-corrected chi connectivity index (χ1v) is 9.42. The van der Waals surface area contributed by atoms with Crippen LogP contribution in [-0.2, 0) is 10.0 Å². The maximum Gasteiger partial charge on any atom is 0.285 e. The first-order chi connectivity index (χ1) is 11.9. The summed E-state index contributed by atoms with van der Waals surface area (Å²) in [6, 6.07) is 15.7. The molecule has 0 saturated carbocycles. The predicted octanol–water partition coefficient (Wildman–Crippen LogP) is 2.82. The molecule has 25 heavy (non-hydrogen) atoms. The van der Waals surface area contributed by atoms with Gasteiger partial charge in [0.25, 0.3) is 10.0 Å². The SMILES string of the molecule is CC1=NN(C(N)=NS(=O)(=O)c2cccc(Cl)c2)CC1c1ccccc1. The van der Waals surface area contributed by atoms with Crippen LogP contribution in [0.5, 0.6) is 0 Å². The van der Waals surface area contributed by atoms with Gasteiger partial charge in [-0.1, -0.05) is 48.0 Å². The fourth-order valence-corrected chi connectivity index (χ4v) is 3.86. The lowest BCUT2D eigenvalue weighted by atomic mass is 9.96. The Morgan fingerprint density at radius 3 is 2.64 bits per heavy atom. The Hall–Kier alpha value is -2.38. The van der Waals surface area contributed by atoms with E-state index in [1.54, 1.807) is 12.1 Å². The molecule has 0 aromatic heterocycles. The molecule has 6 nitrogen and oxygen atoms in total. The van der Waals surface area contributed by atoms with Crippen molar-refractivity contribution in [2.45, 2.75) is 17.7 Å². The minimum Gasteiger partial charge on any atom is -0.367 e. The van der Waals surface area contributed by atoms with Crippen LogP contribution >= 0.6 is 11.6 Å². The highest BCUT2D eigenvalue weighted by Crippen LogP contribution is 2.25. The molecule has 1 atom stereocenters. The van der Waals surface area contributed by atoms with E-state index in [1.807, 2.05) is 37.3 Å². The summed E-state index contributed by atoms with van der Waals surface area (Å²) in [5.41, 5.74) is 7.85. The van der Waals surface area contributed by atoms with E-state index in [0.29, 0.717) is 11.6 Å². The van der Waals surface area contributed by atoms with Crippen molar-refractivity contribution >= 4 is 33.3 Å². The maximum atomic E-state index is 12.4. The van der Waals surface area contributed by atoms with Gasteiger partial charge in [-0.3, -0.25) is 0 Å². The molecule has 0 fully saturated rings. The van der Waals surface area contributed by atoms with Crippen molar-refractivity contribution in [3.05, 3.63) is 65.2 Å². The van der Waals surface area contributed by atoms with Gasteiger partial charge in [-0.2, -0.15) is 13.5 Å². The average molecular weight is 377 g/mol. The van der Waals surface area contributed by atoms with Crippen LogP contribution in [0.25, 0.3) is 0 Å². The second-order valence-corrected chi connectivity index (χ2v) is 7.71.